The van der Waals surface area contributed by atoms with Gasteiger partial charge in [0, 0.05) is 17.1 Å². The summed E-state index contributed by atoms with van der Waals surface area (Å²) < 4.78 is 48.9. The molecular formula is C18H11ClF3NO4. The molecule has 0 atom stereocenters. The average molecular weight is 398 g/mol. The molecule has 0 radical (unpaired) electrons. The van der Waals surface area contributed by atoms with Crippen molar-refractivity contribution in [3.8, 4) is 5.75 Å². The first-order valence-corrected chi connectivity index (χ1v) is 7.87. The fraction of sp³-hybridized carbons (Fsp3) is 0.111. The zero-order valence-corrected chi connectivity index (χ0v) is 14.4. The number of methoxy groups -OCH3 is 1. The monoisotopic (exact) mass is 397 g/mol. The van der Waals surface area contributed by atoms with E-state index in [4.69, 9.17) is 20.8 Å². The highest BCUT2D eigenvalue weighted by Gasteiger charge is 2.33. The molecule has 1 amide bonds. The average Bonchev–Trinajstić information content (AvgIpc) is 2.61. The standard InChI is InChI=1S/C18H11ClF3NO4/c1-26-11-4-2-9-6-12(17(25)27-15(9)8-11)16(24)23-10-3-5-14(19)13(7-10)18(20,21)22/h2-8H,1H3,(H,23,24). The largest absolute Gasteiger partial charge is 0.497 e. The number of anilines is 1. The lowest BCUT2D eigenvalue weighted by Crippen LogP contribution is -2.21. The summed E-state index contributed by atoms with van der Waals surface area (Å²) in [6.45, 7) is 0. The Kier molecular flexibility index (Phi) is 4.84. The smallest absolute Gasteiger partial charge is 0.417 e. The van der Waals surface area contributed by atoms with Gasteiger partial charge in [0.2, 0.25) is 0 Å². The van der Waals surface area contributed by atoms with Crippen molar-refractivity contribution >= 4 is 34.2 Å². The molecule has 0 aliphatic carbocycles. The Hall–Kier alpha value is -3.00. The van der Waals surface area contributed by atoms with E-state index in [0.717, 1.165) is 6.07 Å². The molecule has 3 rings (SSSR count). The third-order valence-electron chi connectivity index (χ3n) is 3.72. The number of amides is 1. The van der Waals surface area contributed by atoms with Gasteiger partial charge in [-0.2, -0.15) is 13.2 Å². The van der Waals surface area contributed by atoms with E-state index in [-0.39, 0.29) is 16.8 Å². The van der Waals surface area contributed by atoms with Gasteiger partial charge >= 0.3 is 11.8 Å². The molecule has 1 N–H and O–H groups in total. The minimum Gasteiger partial charge on any atom is -0.497 e. The normalized spacial score (nSPS) is 11.4. The summed E-state index contributed by atoms with van der Waals surface area (Å²) >= 11 is 5.54. The van der Waals surface area contributed by atoms with Gasteiger partial charge in [0.05, 0.1) is 17.7 Å². The Morgan fingerprint density at radius 3 is 2.56 bits per heavy atom. The number of rotatable bonds is 3. The van der Waals surface area contributed by atoms with Crippen LogP contribution in [0.1, 0.15) is 15.9 Å². The zero-order valence-electron chi connectivity index (χ0n) is 13.7. The molecule has 1 heterocycles. The highest BCUT2D eigenvalue weighted by molar-refractivity contribution is 6.31. The third-order valence-corrected chi connectivity index (χ3v) is 4.05. The molecule has 27 heavy (non-hydrogen) atoms. The predicted octanol–water partition coefficient (Wildman–Crippen LogP) is 4.73. The van der Waals surface area contributed by atoms with Crippen LogP contribution in [0, 0.1) is 0 Å². The molecule has 2 aromatic carbocycles. The molecule has 0 fully saturated rings. The molecule has 0 spiro atoms. The fourth-order valence-electron chi connectivity index (χ4n) is 2.40. The van der Waals surface area contributed by atoms with Gasteiger partial charge in [-0.3, -0.25) is 4.79 Å². The van der Waals surface area contributed by atoms with Gasteiger partial charge in [-0.25, -0.2) is 4.79 Å². The molecule has 0 aliphatic heterocycles. The summed E-state index contributed by atoms with van der Waals surface area (Å²) in [6, 6.07) is 8.85. The molecule has 1 aromatic heterocycles. The molecule has 0 saturated heterocycles. The number of hydrogen-bond acceptors (Lipinski definition) is 4. The van der Waals surface area contributed by atoms with Crippen LogP contribution in [0.4, 0.5) is 18.9 Å². The number of fused-ring (bicyclic) bond motifs is 1. The van der Waals surface area contributed by atoms with Crippen molar-refractivity contribution in [2.45, 2.75) is 6.18 Å². The van der Waals surface area contributed by atoms with E-state index in [1.807, 2.05) is 0 Å². The second-order valence-electron chi connectivity index (χ2n) is 5.50. The summed E-state index contributed by atoms with van der Waals surface area (Å²) in [5.74, 6) is -0.444. The van der Waals surface area contributed by atoms with Crippen LogP contribution in [0.3, 0.4) is 0 Å². The lowest BCUT2D eigenvalue weighted by Gasteiger charge is -2.11. The van der Waals surface area contributed by atoms with E-state index in [0.29, 0.717) is 17.2 Å². The number of halogens is 4. The van der Waals surface area contributed by atoms with Crippen molar-refractivity contribution in [3.05, 3.63) is 69.0 Å². The summed E-state index contributed by atoms with van der Waals surface area (Å²) in [7, 11) is 1.45. The minimum atomic E-state index is -4.68. The van der Waals surface area contributed by atoms with Crippen molar-refractivity contribution < 1.29 is 27.1 Å². The summed E-state index contributed by atoms with van der Waals surface area (Å²) in [4.78, 5) is 24.4. The van der Waals surface area contributed by atoms with Crippen LogP contribution < -0.4 is 15.7 Å². The first-order valence-electron chi connectivity index (χ1n) is 7.49. The van der Waals surface area contributed by atoms with Gasteiger partial charge in [-0.05, 0) is 36.4 Å². The van der Waals surface area contributed by atoms with E-state index < -0.39 is 28.3 Å². The van der Waals surface area contributed by atoms with Crippen molar-refractivity contribution in [3.63, 3.8) is 0 Å². The SMILES string of the molecule is COc1ccc2cc(C(=O)Nc3ccc(Cl)c(C(F)(F)F)c3)c(=O)oc2c1. The highest BCUT2D eigenvalue weighted by atomic mass is 35.5. The first kappa shape index (κ1) is 18.8. The van der Waals surface area contributed by atoms with Crippen LogP contribution in [0.5, 0.6) is 5.75 Å². The molecule has 0 saturated carbocycles. The molecular weight excluding hydrogens is 387 g/mol. The Balaban J connectivity index is 1.95. The quantitative estimate of drug-likeness (QED) is 0.649. The van der Waals surface area contributed by atoms with Crippen LogP contribution >= 0.6 is 11.6 Å². The number of nitrogens with one attached hydrogen (secondary N) is 1. The van der Waals surface area contributed by atoms with Gasteiger partial charge in [0.15, 0.2) is 0 Å². The molecule has 5 nitrogen and oxygen atoms in total. The summed E-state index contributed by atoms with van der Waals surface area (Å²) in [5, 5.41) is 2.19. The first-order chi connectivity index (χ1) is 12.7. The Labute approximate surface area is 155 Å². The van der Waals surface area contributed by atoms with Gasteiger partial charge in [0.25, 0.3) is 5.91 Å². The third kappa shape index (κ3) is 3.90. The molecule has 9 heteroatoms. The maximum absolute atomic E-state index is 12.9. The topological polar surface area (TPSA) is 68.5 Å². The van der Waals surface area contributed by atoms with Crippen molar-refractivity contribution in [2.75, 3.05) is 12.4 Å². The Morgan fingerprint density at radius 1 is 1.15 bits per heavy atom. The van der Waals surface area contributed by atoms with Crippen LogP contribution in [0.2, 0.25) is 5.02 Å². The number of benzene rings is 2. The maximum Gasteiger partial charge on any atom is 0.417 e. The fourth-order valence-corrected chi connectivity index (χ4v) is 2.62. The number of carbonyl (C=O) groups excluding carboxylic acids is 1. The zero-order chi connectivity index (χ0) is 19.8. The van der Waals surface area contributed by atoms with Crippen LogP contribution in [0.25, 0.3) is 11.0 Å². The molecule has 0 unspecified atom stereocenters. The number of hydrogen-bond donors (Lipinski definition) is 1. The van der Waals surface area contributed by atoms with E-state index in [1.165, 1.54) is 25.3 Å². The number of carbonyl (C=O) groups is 1. The molecule has 3 aromatic rings. The van der Waals surface area contributed by atoms with Crippen molar-refractivity contribution in [2.24, 2.45) is 0 Å². The van der Waals surface area contributed by atoms with Crippen LogP contribution in [-0.4, -0.2) is 13.0 Å². The second-order valence-corrected chi connectivity index (χ2v) is 5.90. The summed E-state index contributed by atoms with van der Waals surface area (Å²) in [6.07, 6.45) is -4.68. The summed E-state index contributed by atoms with van der Waals surface area (Å²) in [5.41, 5.74) is -2.33. The van der Waals surface area contributed by atoms with E-state index in [2.05, 4.69) is 5.32 Å². The number of ether oxygens (including phenoxy) is 1. The maximum atomic E-state index is 12.9. The van der Waals surface area contributed by atoms with Gasteiger partial charge in [-0.15, -0.1) is 0 Å². The van der Waals surface area contributed by atoms with E-state index in [9.17, 15) is 22.8 Å². The second kappa shape index (κ2) is 6.96. The molecule has 0 bridgehead atoms. The lowest BCUT2D eigenvalue weighted by atomic mass is 10.1. The molecule has 140 valence electrons. The number of alkyl halides is 3. The van der Waals surface area contributed by atoms with Crippen molar-refractivity contribution in [1.82, 2.24) is 0 Å². The van der Waals surface area contributed by atoms with Crippen LogP contribution in [0.15, 0.2) is 51.7 Å². The van der Waals surface area contributed by atoms with E-state index >= 15 is 0 Å². The van der Waals surface area contributed by atoms with Crippen molar-refractivity contribution in [1.29, 1.82) is 0 Å². The van der Waals surface area contributed by atoms with E-state index in [1.54, 1.807) is 12.1 Å². The van der Waals surface area contributed by atoms with Crippen LogP contribution in [-0.2, 0) is 6.18 Å². The Morgan fingerprint density at radius 2 is 1.89 bits per heavy atom. The predicted molar refractivity (Wildman–Crippen MR) is 93.4 cm³/mol. The van der Waals surface area contributed by atoms with Gasteiger partial charge < -0.3 is 14.5 Å². The minimum absolute atomic E-state index is 0.161. The Bertz CT molecular complexity index is 1090. The lowest BCUT2D eigenvalue weighted by molar-refractivity contribution is -0.137. The van der Waals surface area contributed by atoms with Gasteiger partial charge in [-0.1, -0.05) is 11.6 Å². The highest BCUT2D eigenvalue weighted by Crippen LogP contribution is 2.36. The van der Waals surface area contributed by atoms with Gasteiger partial charge in [0.1, 0.15) is 16.9 Å². The molecule has 0 aliphatic rings.